The van der Waals surface area contributed by atoms with Gasteiger partial charge in [-0.2, -0.15) is 0 Å². The first kappa shape index (κ1) is 12.5. The molecule has 1 heterocycles. The van der Waals surface area contributed by atoms with Gasteiger partial charge in [0.25, 0.3) is 0 Å². The Morgan fingerprint density at radius 1 is 1.25 bits per heavy atom. The van der Waals surface area contributed by atoms with E-state index in [0.29, 0.717) is 23.5 Å². The molecule has 0 aromatic heterocycles. The maximum absolute atomic E-state index is 13.8. The second kappa shape index (κ2) is 4.52. The second-order valence-corrected chi connectivity index (χ2v) is 4.93. The Labute approximate surface area is 115 Å². The largest absolute Gasteiger partial charge is 0.397 e. The Balaban J connectivity index is 1.97. The number of amides is 1. The molecule has 0 fully saturated rings. The first-order valence-corrected chi connectivity index (χ1v) is 6.28. The number of rotatable bonds is 2. The summed E-state index contributed by atoms with van der Waals surface area (Å²) in [6, 6.07) is 8.29. The van der Waals surface area contributed by atoms with Gasteiger partial charge in [-0.05, 0) is 42.3 Å². The summed E-state index contributed by atoms with van der Waals surface area (Å²) in [6.07, 6.45) is 0.332. The minimum atomic E-state index is -0.348. The highest BCUT2D eigenvalue weighted by molar-refractivity contribution is 6.01. The van der Waals surface area contributed by atoms with Gasteiger partial charge in [0.05, 0.1) is 23.5 Å². The molecule has 4 nitrogen and oxygen atoms in total. The molecule has 2 aromatic rings. The quantitative estimate of drug-likeness (QED) is 0.736. The Hall–Kier alpha value is -2.56. The summed E-state index contributed by atoms with van der Waals surface area (Å²) in [5.41, 5.74) is 9.91. The molecule has 0 bridgehead atoms. The van der Waals surface area contributed by atoms with E-state index in [0.717, 1.165) is 16.8 Å². The standard InChI is InChI=1S/C15H14FN3O/c1-8-2-3-10(16)13(4-8)18-14-7-12-9(5-11(14)17)6-15(20)19-12/h2-5,7,18H,6,17H2,1H3,(H,19,20). The zero-order chi connectivity index (χ0) is 14.3. The van der Waals surface area contributed by atoms with E-state index < -0.39 is 0 Å². The molecule has 1 amide bonds. The lowest BCUT2D eigenvalue weighted by atomic mass is 10.1. The Bertz CT molecular complexity index is 713. The number of aryl methyl sites for hydroxylation is 1. The maximum Gasteiger partial charge on any atom is 0.228 e. The number of hydrogen-bond donors (Lipinski definition) is 3. The average Bonchev–Trinajstić information content (AvgIpc) is 2.73. The number of nitrogens with one attached hydrogen (secondary N) is 2. The first-order chi connectivity index (χ1) is 9.52. The lowest BCUT2D eigenvalue weighted by Gasteiger charge is -2.12. The molecule has 0 saturated carbocycles. The second-order valence-electron chi connectivity index (χ2n) is 4.93. The van der Waals surface area contributed by atoms with E-state index in [1.165, 1.54) is 6.07 Å². The molecule has 2 aromatic carbocycles. The molecule has 0 spiro atoms. The summed E-state index contributed by atoms with van der Waals surface area (Å²) < 4.78 is 13.8. The molecule has 0 aliphatic carbocycles. The monoisotopic (exact) mass is 271 g/mol. The van der Waals surface area contributed by atoms with E-state index in [1.54, 1.807) is 24.3 Å². The molecule has 0 unspecified atom stereocenters. The molecule has 1 aliphatic rings. The lowest BCUT2D eigenvalue weighted by molar-refractivity contribution is -0.115. The predicted molar refractivity (Wildman–Crippen MR) is 77.6 cm³/mol. The van der Waals surface area contributed by atoms with Crippen LogP contribution in [0.1, 0.15) is 11.1 Å². The fourth-order valence-electron chi connectivity index (χ4n) is 2.28. The molecule has 5 heteroatoms. The number of carbonyl (C=O) groups excluding carboxylic acids is 1. The molecule has 3 rings (SSSR count). The number of nitrogens with two attached hydrogens (primary N) is 1. The molecule has 0 radical (unpaired) electrons. The van der Waals surface area contributed by atoms with Crippen molar-refractivity contribution in [2.45, 2.75) is 13.3 Å². The van der Waals surface area contributed by atoms with Crippen molar-refractivity contribution in [3.63, 3.8) is 0 Å². The fraction of sp³-hybridized carbons (Fsp3) is 0.133. The molecule has 0 atom stereocenters. The van der Waals surface area contributed by atoms with Gasteiger partial charge in [0.15, 0.2) is 0 Å². The van der Waals surface area contributed by atoms with Gasteiger partial charge in [0, 0.05) is 5.69 Å². The summed E-state index contributed by atoms with van der Waals surface area (Å²) in [6.45, 7) is 1.89. The number of benzene rings is 2. The van der Waals surface area contributed by atoms with Gasteiger partial charge in [-0.25, -0.2) is 4.39 Å². The van der Waals surface area contributed by atoms with E-state index >= 15 is 0 Å². The average molecular weight is 271 g/mol. The van der Waals surface area contributed by atoms with Gasteiger partial charge < -0.3 is 16.4 Å². The van der Waals surface area contributed by atoms with Crippen LogP contribution < -0.4 is 16.4 Å². The van der Waals surface area contributed by atoms with Crippen molar-refractivity contribution >= 4 is 28.7 Å². The zero-order valence-electron chi connectivity index (χ0n) is 11.0. The van der Waals surface area contributed by atoms with Crippen molar-refractivity contribution in [2.24, 2.45) is 0 Å². The number of anilines is 4. The van der Waals surface area contributed by atoms with Gasteiger partial charge in [-0.15, -0.1) is 0 Å². The van der Waals surface area contributed by atoms with Gasteiger partial charge in [-0.1, -0.05) is 6.07 Å². The van der Waals surface area contributed by atoms with E-state index in [4.69, 9.17) is 5.73 Å². The van der Waals surface area contributed by atoms with Crippen LogP contribution in [-0.2, 0) is 11.2 Å². The maximum atomic E-state index is 13.8. The molecular weight excluding hydrogens is 257 g/mol. The highest BCUT2D eigenvalue weighted by Gasteiger charge is 2.19. The van der Waals surface area contributed by atoms with Crippen LogP contribution >= 0.6 is 0 Å². The minimum Gasteiger partial charge on any atom is -0.397 e. The van der Waals surface area contributed by atoms with Crippen molar-refractivity contribution < 1.29 is 9.18 Å². The Kier molecular flexibility index (Phi) is 2.82. The van der Waals surface area contributed by atoms with Crippen LogP contribution in [0.2, 0.25) is 0 Å². The van der Waals surface area contributed by atoms with Gasteiger partial charge >= 0.3 is 0 Å². The smallest absolute Gasteiger partial charge is 0.228 e. The summed E-state index contributed by atoms with van der Waals surface area (Å²) in [4.78, 5) is 11.3. The van der Waals surface area contributed by atoms with Crippen LogP contribution in [0.25, 0.3) is 0 Å². The third-order valence-electron chi connectivity index (χ3n) is 3.29. The van der Waals surface area contributed by atoms with Gasteiger partial charge in [0.2, 0.25) is 5.91 Å². The highest BCUT2D eigenvalue weighted by atomic mass is 19.1. The summed E-state index contributed by atoms with van der Waals surface area (Å²) >= 11 is 0. The SMILES string of the molecule is Cc1ccc(F)c(Nc2cc3c(cc2N)CC(=O)N3)c1. The van der Waals surface area contributed by atoms with E-state index in [-0.39, 0.29) is 11.7 Å². The van der Waals surface area contributed by atoms with Crippen LogP contribution in [-0.4, -0.2) is 5.91 Å². The van der Waals surface area contributed by atoms with Crippen LogP contribution in [0.15, 0.2) is 30.3 Å². The first-order valence-electron chi connectivity index (χ1n) is 6.28. The molecule has 4 N–H and O–H groups in total. The molecule has 20 heavy (non-hydrogen) atoms. The van der Waals surface area contributed by atoms with Crippen LogP contribution in [0.4, 0.5) is 27.1 Å². The molecule has 102 valence electrons. The number of carbonyl (C=O) groups is 1. The van der Waals surface area contributed by atoms with E-state index in [9.17, 15) is 9.18 Å². The minimum absolute atomic E-state index is 0.0571. The third-order valence-corrected chi connectivity index (χ3v) is 3.29. The normalized spacial score (nSPS) is 13.0. The van der Waals surface area contributed by atoms with Crippen molar-refractivity contribution in [2.75, 3.05) is 16.4 Å². The van der Waals surface area contributed by atoms with Crippen molar-refractivity contribution in [1.29, 1.82) is 0 Å². The Morgan fingerprint density at radius 3 is 2.85 bits per heavy atom. The topological polar surface area (TPSA) is 67.1 Å². The van der Waals surface area contributed by atoms with Crippen molar-refractivity contribution in [3.05, 3.63) is 47.3 Å². The van der Waals surface area contributed by atoms with Gasteiger partial charge in [0.1, 0.15) is 5.82 Å². The van der Waals surface area contributed by atoms with Crippen LogP contribution in [0.5, 0.6) is 0 Å². The molecule has 0 saturated heterocycles. The number of nitrogen functional groups attached to an aromatic ring is 1. The fourth-order valence-corrected chi connectivity index (χ4v) is 2.28. The molecule has 1 aliphatic heterocycles. The predicted octanol–water partition coefficient (Wildman–Crippen LogP) is 2.95. The number of hydrogen-bond acceptors (Lipinski definition) is 3. The summed E-state index contributed by atoms with van der Waals surface area (Å²) in [7, 11) is 0. The lowest BCUT2D eigenvalue weighted by Crippen LogP contribution is -2.03. The van der Waals surface area contributed by atoms with Crippen LogP contribution in [0, 0.1) is 12.7 Å². The molecular formula is C15H14FN3O. The highest BCUT2D eigenvalue weighted by Crippen LogP contribution is 2.33. The zero-order valence-corrected chi connectivity index (χ0v) is 11.0. The van der Waals surface area contributed by atoms with Crippen molar-refractivity contribution in [1.82, 2.24) is 0 Å². The number of halogens is 1. The summed E-state index contributed by atoms with van der Waals surface area (Å²) in [5.74, 6) is -0.405. The van der Waals surface area contributed by atoms with Crippen molar-refractivity contribution in [3.8, 4) is 0 Å². The third kappa shape index (κ3) is 2.18. The van der Waals surface area contributed by atoms with Gasteiger partial charge in [-0.3, -0.25) is 4.79 Å². The summed E-state index contributed by atoms with van der Waals surface area (Å²) in [5, 5.41) is 5.72. The van der Waals surface area contributed by atoms with E-state index in [2.05, 4.69) is 10.6 Å². The number of fused-ring (bicyclic) bond motifs is 1. The van der Waals surface area contributed by atoms with E-state index in [1.807, 2.05) is 6.92 Å². The van der Waals surface area contributed by atoms with Crippen LogP contribution in [0.3, 0.4) is 0 Å². The Morgan fingerprint density at radius 2 is 2.05 bits per heavy atom.